The Hall–Kier alpha value is -2.41. The molecule has 2 saturated heterocycles. The zero-order valence-electron chi connectivity index (χ0n) is 15.0. The number of amides is 2. The number of aliphatic carboxylic acids is 1. The van der Waals surface area contributed by atoms with Crippen molar-refractivity contribution >= 4 is 23.5 Å². The van der Waals surface area contributed by atoms with Crippen molar-refractivity contribution in [1.82, 2.24) is 9.80 Å². The van der Waals surface area contributed by atoms with Gasteiger partial charge in [0.2, 0.25) is 11.8 Å². The van der Waals surface area contributed by atoms with Gasteiger partial charge in [-0.05, 0) is 19.1 Å². The zero-order valence-corrected chi connectivity index (χ0v) is 15.0. The minimum absolute atomic E-state index is 0.0109. The smallest absolute Gasteiger partial charge is 0.304 e. The molecule has 0 saturated carbocycles. The fourth-order valence-electron chi connectivity index (χ4n) is 3.75. The van der Waals surface area contributed by atoms with Crippen LogP contribution < -0.4 is 4.90 Å². The van der Waals surface area contributed by atoms with Crippen LogP contribution in [0.5, 0.6) is 0 Å². The van der Waals surface area contributed by atoms with Crippen LogP contribution in [0.1, 0.15) is 19.8 Å². The molecule has 2 aliphatic rings. The maximum absolute atomic E-state index is 12.8. The summed E-state index contributed by atoms with van der Waals surface area (Å²) in [5.41, 5.74) is 0.833. The SMILES string of the molecule is CC(CC(=O)O)N1CCN(C(=O)C2CC(=O)N(c3ccccc3)C2)CC1. The van der Waals surface area contributed by atoms with Crippen LogP contribution in [0.25, 0.3) is 0 Å². The van der Waals surface area contributed by atoms with Crippen LogP contribution in [0.3, 0.4) is 0 Å². The average molecular weight is 359 g/mol. The van der Waals surface area contributed by atoms with E-state index in [1.807, 2.05) is 42.2 Å². The van der Waals surface area contributed by atoms with Crippen molar-refractivity contribution in [3.63, 3.8) is 0 Å². The van der Waals surface area contributed by atoms with Gasteiger partial charge >= 0.3 is 5.97 Å². The van der Waals surface area contributed by atoms with Gasteiger partial charge in [-0.15, -0.1) is 0 Å². The van der Waals surface area contributed by atoms with Gasteiger partial charge in [-0.2, -0.15) is 0 Å². The third kappa shape index (κ3) is 4.04. The summed E-state index contributed by atoms with van der Waals surface area (Å²) in [5.74, 6) is -1.09. The quantitative estimate of drug-likeness (QED) is 0.850. The summed E-state index contributed by atoms with van der Waals surface area (Å²) in [4.78, 5) is 41.6. The molecular formula is C19H25N3O4. The summed E-state index contributed by atoms with van der Waals surface area (Å²) in [6.45, 7) is 4.83. The number of carbonyl (C=O) groups is 3. The van der Waals surface area contributed by atoms with Crippen LogP contribution in [0.15, 0.2) is 30.3 Å². The first-order chi connectivity index (χ1) is 12.5. The van der Waals surface area contributed by atoms with E-state index in [4.69, 9.17) is 5.11 Å². The molecule has 0 bridgehead atoms. The first kappa shape index (κ1) is 18.4. The topological polar surface area (TPSA) is 81.2 Å². The fraction of sp³-hybridized carbons (Fsp3) is 0.526. The molecule has 2 amide bonds. The standard InChI is InChI=1S/C19H25N3O4/c1-14(11-18(24)25)20-7-9-21(10-8-20)19(26)15-12-17(23)22(13-15)16-5-3-2-4-6-16/h2-6,14-15H,7-13H2,1H3,(H,24,25). The minimum atomic E-state index is -0.804. The largest absolute Gasteiger partial charge is 0.481 e. The molecule has 0 aromatic heterocycles. The highest BCUT2D eigenvalue weighted by Gasteiger charge is 2.38. The summed E-state index contributed by atoms with van der Waals surface area (Å²) >= 11 is 0. The van der Waals surface area contributed by atoms with Crippen molar-refractivity contribution < 1.29 is 19.5 Å². The van der Waals surface area contributed by atoms with Crippen molar-refractivity contribution in [3.8, 4) is 0 Å². The van der Waals surface area contributed by atoms with Gasteiger partial charge in [0.1, 0.15) is 0 Å². The van der Waals surface area contributed by atoms with E-state index in [0.717, 1.165) is 5.69 Å². The lowest BCUT2D eigenvalue weighted by molar-refractivity contribution is -0.140. The Bertz CT molecular complexity index is 671. The van der Waals surface area contributed by atoms with Crippen molar-refractivity contribution in [2.24, 2.45) is 5.92 Å². The Morgan fingerprint density at radius 1 is 1.15 bits per heavy atom. The summed E-state index contributed by atoms with van der Waals surface area (Å²) in [6.07, 6.45) is 0.362. The van der Waals surface area contributed by atoms with Crippen LogP contribution in [-0.4, -0.2) is 71.5 Å². The van der Waals surface area contributed by atoms with Crippen LogP contribution in [0.4, 0.5) is 5.69 Å². The van der Waals surface area contributed by atoms with E-state index in [9.17, 15) is 14.4 Å². The van der Waals surface area contributed by atoms with Gasteiger partial charge in [-0.25, -0.2) is 0 Å². The summed E-state index contributed by atoms with van der Waals surface area (Å²) in [7, 11) is 0. The van der Waals surface area contributed by atoms with Crippen LogP contribution in [0, 0.1) is 5.92 Å². The highest BCUT2D eigenvalue weighted by Crippen LogP contribution is 2.26. The van der Waals surface area contributed by atoms with Crippen LogP contribution in [0.2, 0.25) is 0 Å². The van der Waals surface area contributed by atoms with Crippen molar-refractivity contribution in [2.75, 3.05) is 37.6 Å². The molecule has 1 aromatic carbocycles. The number of rotatable bonds is 5. The molecule has 2 heterocycles. The summed E-state index contributed by atoms with van der Waals surface area (Å²) < 4.78 is 0. The first-order valence-electron chi connectivity index (χ1n) is 9.05. The van der Waals surface area contributed by atoms with E-state index in [0.29, 0.717) is 32.7 Å². The predicted octanol–water partition coefficient (Wildman–Crippen LogP) is 1.05. The maximum atomic E-state index is 12.8. The van der Waals surface area contributed by atoms with E-state index in [-0.39, 0.29) is 36.6 Å². The van der Waals surface area contributed by atoms with E-state index >= 15 is 0 Å². The zero-order chi connectivity index (χ0) is 18.7. The summed E-state index contributed by atoms with van der Waals surface area (Å²) in [5, 5.41) is 8.91. The van der Waals surface area contributed by atoms with Crippen LogP contribution >= 0.6 is 0 Å². The second kappa shape index (κ2) is 7.86. The number of anilines is 1. The normalized spacial score (nSPS) is 22.5. The Balaban J connectivity index is 1.54. The number of para-hydroxylation sites is 1. The van der Waals surface area contributed by atoms with Crippen molar-refractivity contribution in [3.05, 3.63) is 30.3 Å². The second-order valence-electron chi connectivity index (χ2n) is 7.05. The Morgan fingerprint density at radius 3 is 2.42 bits per heavy atom. The lowest BCUT2D eigenvalue weighted by Crippen LogP contribution is -2.53. The lowest BCUT2D eigenvalue weighted by Gasteiger charge is -2.38. The van der Waals surface area contributed by atoms with Gasteiger partial charge in [0.05, 0.1) is 12.3 Å². The molecule has 1 aromatic rings. The number of carboxylic acids is 1. The molecule has 0 aliphatic carbocycles. The van der Waals surface area contributed by atoms with Crippen molar-refractivity contribution in [2.45, 2.75) is 25.8 Å². The average Bonchev–Trinajstić information content (AvgIpc) is 3.03. The summed E-state index contributed by atoms with van der Waals surface area (Å²) in [6, 6.07) is 9.40. The number of nitrogens with zero attached hydrogens (tertiary/aromatic N) is 3. The molecule has 0 radical (unpaired) electrons. The number of carboxylic acid groups (broad SMARTS) is 1. The van der Waals surface area contributed by atoms with E-state index in [1.165, 1.54) is 0 Å². The van der Waals surface area contributed by atoms with Gasteiger partial charge in [0.25, 0.3) is 0 Å². The molecule has 0 spiro atoms. The third-order valence-corrected chi connectivity index (χ3v) is 5.26. The molecule has 140 valence electrons. The van der Waals surface area contributed by atoms with Crippen molar-refractivity contribution in [1.29, 1.82) is 0 Å². The van der Waals surface area contributed by atoms with Crippen LogP contribution in [-0.2, 0) is 14.4 Å². The van der Waals surface area contributed by atoms with E-state index in [2.05, 4.69) is 4.90 Å². The second-order valence-corrected chi connectivity index (χ2v) is 7.05. The molecule has 3 rings (SSSR count). The van der Waals surface area contributed by atoms with Gasteiger partial charge in [0, 0.05) is 50.9 Å². The third-order valence-electron chi connectivity index (χ3n) is 5.26. The number of hydrogen-bond acceptors (Lipinski definition) is 4. The highest BCUT2D eigenvalue weighted by molar-refractivity contribution is 6.00. The molecule has 2 fully saturated rings. The Labute approximate surface area is 153 Å². The fourth-order valence-corrected chi connectivity index (χ4v) is 3.75. The number of carbonyl (C=O) groups excluding carboxylic acids is 2. The highest BCUT2D eigenvalue weighted by atomic mass is 16.4. The minimum Gasteiger partial charge on any atom is -0.481 e. The molecule has 2 unspecified atom stereocenters. The lowest BCUT2D eigenvalue weighted by atomic mass is 10.1. The van der Waals surface area contributed by atoms with Gasteiger partial charge < -0.3 is 14.9 Å². The van der Waals surface area contributed by atoms with E-state index < -0.39 is 5.97 Å². The Morgan fingerprint density at radius 2 is 1.81 bits per heavy atom. The number of hydrogen-bond donors (Lipinski definition) is 1. The number of piperazine rings is 1. The molecule has 1 N–H and O–H groups in total. The monoisotopic (exact) mass is 359 g/mol. The van der Waals surface area contributed by atoms with Gasteiger partial charge in [0.15, 0.2) is 0 Å². The molecule has 2 aliphatic heterocycles. The van der Waals surface area contributed by atoms with Gasteiger partial charge in [-0.1, -0.05) is 18.2 Å². The van der Waals surface area contributed by atoms with Gasteiger partial charge in [-0.3, -0.25) is 19.3 Å². The first-order valence-corrected chi connectivity index (χ1v) is 9.05. The molecular weight excluding hydrogens is 334 g/mol. The Kier molecular flexibility index (Phi) is 5.56. The molecule has 7 heteroatoms. The molecule has 7 nitrogen and oxygen atoms in total. The maximum Gasteiger partial charge on any atom is 0.304 e. The predicted molar refractivity (Wildman–Crippen MR) is 96.8 cm³/mol. The molecule has 26 heavy (non-hydrogen) atoms. The number of benzene rings is 1. The van der Waals surface area contributed by atoms with E-state index in [1.54, 1.807) is 4.90 Å². The molecule has 2 atom stereocenters.